The van der Waals surface area contributed by atoms with Crippen molar-refractivity contribution in [2.75, 3.05) is 19.8 Å². The Morgan fingerprint density at radius 3 is 2.19 bits per heavy atom. The van der Waals surface area contributed by atoms with E-state index in [9.17, 15) is 16.8 Å². The molecule has 1 N–H and O–H groups in total. The third-order valence-corrected chi connectivity index (χ3v) is 5.85. The van der Waals surface area contributed by atoms with E-state index in [1.165, 1.54) is 25.0 Å². The van der Waals surface area contributed by atoms with E-state index in [2.05, 4.69) is 4.72 Å². The zero-order chi connectivity index (χ0) is 15.5. The summed E-state index contributed by atoms with van der Waals surface area (Å²) >= 11 is 0. The Kier molecular flexibility index (Phi) is 5.26. The first-order valence-electron chi connectivity index (χ1n) is 6.41. The van der Waals surface area contributed by atoms with Crippen molar-refractivity contribution in [3.05, 3.63) is 24.3 Å². The summed E-state index contributed by atoms with van der Waals surface area (Å²) in [6.07, 6.45) is 2.36. The fraction of sp³-hybridized carbons (Fsp3) is 0.500. The second-order valence-electron chi connectivity index (χ2n) is 4.83. The first-order chi connectivity index (χ1) is 9.79. The Morgan fingerprint density at radius 1 is 1.10 bits per heavy atom. The predicted molar refractivity (Wildman–Crippen MR) is 78.2 cm³/mol. The smallest absolute Gasteiger partial charge is 0.261 e. The summed E-state index contributed by atoms with van der Waals surface area (Å²) in [6, 6.07) is 4.70. The van der Waals surface area contributed by atoms with E-state index in [1.54, 1.807) is 0 Å². The molecule has 1 aliphatic rings. The van der Waals surface area contributed by atoms with Crippen molar-refractivity contribution < 1.29 is 21.6 Å². The van der Waals surface area contributed by atoms with E-state index in [1.807, 2.05) is 0 Å². The average molecular weight is 354 g/mol. The summed E-state index contributed by atoms with van der Waals surface area (Å²) < 4.78 is 53.8. The molecule has 0 unspecified atom stereocenters. The fourth-order valence-corrected chi connectivity index (χ4v) is 3.43. The third kappa shape index (κ3) is 5.23. The number of benzene rings is 1. The van der Waals surface area contributed by atoms with Crippen LogP contribution in [-0.4, -0.2) is 36.6 Å². The molecule has 1 aliphatic carbocycles. The topological polar surface area (TPSA) is 89.5 Å². The van der Waals surface area contributed by atoms with Gasteiger partial charge in [-0.1, -0.05) is 0 Å². The van der Waals surface area contributed by atoms with Crippen LogP contribution in [0.5, 0.6) is 0 Å². The van der Waals surface area contributed by atoms with Gasteiger partial charge < -0.3 is 4.74 Å². The summed E-state index contributed by atoms with van der Waals surface area (Å²) in [6.45, 7) is 1.15. The molecule has 1 aromatic rings. The van der Waals surface area contributed by atoms with Crippen LogP contribution < -0.4 is 4.72 Å². The molecule has 0 amide bonds. The molecule has 1 saturated carbocycles. The monoisotopic (exact) mass is 353 g/mol. The molecule has 21 heavy (non-hydrogen) atoms. The number of rotatable bonds is 8. The van der Waals surface area contributed by atoms with E-state index in [-0.39, 0.29) is 16.3 Å². The second kappa shape index (κ2) is 6.62. The Balaban J connectivity index is 1.88. The Hall–Kier alpha value is -0.670. The Morgan fingerprint density at radius 2 is 1.67 bits per heavy atom. The first kappa shape index (κ1) is 16.7. The Bertz CT molecular complexity index is 681. The lowest BCUT2D eigenvalue weighted by Crippen LogP contribution is -2.27. The van der Waals surface area contributed by atoms with Gasteiger partial charge in [-0.3, -0.25) is 0 Å². The zero-order valence-electron chi connectivity index (χ0n) is 11.2. The number of nitrogens with one attached hydrogen (secondary N) is 1. The van der Waals surface area contributed by atoms with Crippen molar-refractivity contribution >= 4 is 29.8 Å². The van der Waals surface area contributed by atoms with Gasteiger partial charge in [0.25, 0.3) is 9.05 Å². The largest absolute Gasteiger partial charge is 0.380 e. The van der Waals surface area contributed by atoms with Crippen LogP contribution in [0, 0.1) is 5.92 Å². The van der Waals surface area contributed by atoms with Gasteiger partial charge in [-0.15, -0.1) is 0 Å². The highest BCUT2D eigenvalue weighted by Gasteiger charge is 2.21. The molecular weight excluding hydrogens is 338 g/mol. The molecule has 9 heteroatoms. The van der Waals surface area contributed by atoms with Crippen LogP contribution in [0.25, 0.3) is 0 Å². The van der Waals surface area contributed by atoms with Crippen molar-refractivity contribution in [3.8, 4) is 0 Å². The van der Waals surface area contributed by atoms with Gasteiger partial charge in [0.1, 0.15) is 0 Å². The average Bonchev–Trinajstić information content (AvgIpc) is 3.21. The van der Waals surface area contributed by atoms with Gasteiger partial charge in [0, 0.05) is 23.8 Å². The number of hydrogen-bond donors (Lipinski definition) is 1. The van der Waals surface area contributed by atoms with Gasteiger partial charge in [0.05, 0.1) is 16.4 Å². The van der Waals surface area contributed by atoms with Crippen LogP contribution in [0.2, 0.25) is 0 Å². The van der Waals surface area contributed by atoms with E-state index in [0.29, 0.717) is 19.1 Å². The van der Waals surface area contributed by atoms with Gasteiger partial charge in [-0.05, 0) is 43.0 Å². The number of ether oxygens (including phenoxy) is 1. The predicted octanol–water partition coefficient (Wildman–Crippen LogP) is 1.32. The highest BCUT2D eigenvalue weighted by molar-refractivity contribution is 8.13. The lowest BCUT2D eigenvalue weighted by atomic mass is 10.4. The van der Waals surface area contributed by atoms with Gasteiger partial charge in [0.15, 0.2) is 0 Å². The lowest BCUT2D eigenvalue weighted by Gasteiger charge is -2.07. The number of halogens is 1. The Labute approximate surface area is 128 Å². The van der Waals surface area contributed by atoms with Gasteiger partial charge in [-0.25, -0.2) is 21.6 Å². The minimum atomic E-state index is -3.85. The number of sulfonamides is 1. The molecule has 0 aliphatic heterocycles. The first-order valence-corrected chi connectivity index (χ1v) is 10.2. The summed E-state index contributed by atoms with van der Waals surface area (Å²) in [4.78, 5) is -0.162. The van der Waals surface area contributed by atoms with E-state index >= 15 is 0 Å². The molecule has 2 rings (SSSR count). The van der Waals surface area contributed by atoms with Crippen LogP contribution in [-0.2, 0) is 23.8 Å². The summed E-state index contributed by atoms with van der Waals surface area (Å²) in [5.74, 6) is 0.631. The van der Waals surface area contributed by atoms with Crippen LogP contribution >= 0.6 is 10.7 Å². The summed E-state index contributed by atoms with van der Waals surface area (Å²) in [7, 11) is -2.37. The van der Waals surface area contributed by atoms with Crippen LogP contribution in [0.4, 0.5) is 0 Å². The van der Waals surface area contributed by atoms with Crippen LogP contribution in [0.1, 0.15) is 12.8 Å². The molecule has 0 bridgehead atoms. The molecule has 1 aromatic carbocycles. The maximum atomic E-state index is 12.0. The van der Waals surface area contributed by atoms with Crippen LogP contribution in [0.15, 0.2) is 34.1 Å². The third-order valence-electron chi connectivity index (χ3n) is 3.00. The van der Waals surface area contributed by atoms with Crippen molar-refractivity contribution in [1.29, 1.82) is 0 Å². The molecular formula is C12H16ClNO5S2. The molecule has 0 atom stereocenters. The molecule has 118 valence electrons. The maximum absolute atomic E-state index is 12.0. The SMILES string of the molecule is O=S(=O)(Cl)c1ccc(S(=O)(=O)NCCOCC2CC2)cc1. The highest BCUT2D eigenvalue weighted by Crippen LogP contribution is 2.28. The lowest BCUT2D eigenvalue weighted by molar-refractivity contribution is 0.129. The van der Waals surface area contributed by atoms with Gasteiger partial charge in [0.2, 0.25) is 10.0 Å². The second-order valence-corrected chi connectivity index (χ2v) is 9.16. The minimum absolute atomic E-state index is 0.0197. The standard InChI is InChI=1S/C12H16ClNO5S2/c13-20(15,16)11-3-5-12(6-4-11)21(17,18)14-7-8-19-9-10-1-2-10/h3-6,10,14H,1-2,7-9H2. The van der Waals surface area contributed by atoms with Crippen molar-refractivity contribution in [2.24, 2.45) is 5.92 Å². The summed E-state index contributed by atoms with van der Waals surface area (Å²) in [5, 5.41) is 0. The van der Waals surface area contributed by atoms with E-state index < -0.39 is 19.1 Å². The quantitative estimate of drug-likeness (QED) is 0.562. The highest BCUT2D eigenvalue weighted by atomic mass is 35.7. The normalized spacial score (nSPS) is 16.0. The van der Waals surface area contributed by atoms with Gasteiger partial charge >= 0.3 is 0 Å². The molecule has 0 spiro atoms. The van der Waals surface area contributed by atoms with Gasteiger partial charge in [-0.2, -0.15) is 0 Å². The minimum Gasteiger partial charge on any atom is -0.380 e. The van der Waals surface area contributed by atoms with Crippen molar-refractivity contribution in [2.45, 2.75) is 22.6 Å². The van der Waals surface area contributed by atoms with Crippen molar-refractivity contribution in [3.63, 3.8) is 0 Å². The number of hydrogen-bond acceptors (Lipinski definition) is 5. The molecule has 0 heterocycles. The van der Waals surface area contributed by atoms with Crippen LogP contribution in [0.3, 0.4) is 0 Å². The fourth-order valence-electron chi connectivity index (χ4n) is 1.65. The molecule has 1 fully saturated rings. The maximum Gasteiger partial charge on any atom is 0.261 e. The molecule has 6 nitrogen and oxygen atoms in total. The van der Waals surface area contributed by atoms with E-state index in [4.69, 9.17) is 15.4 Å². The molecule has 0 saturated heterocycles. The van der Waals surface area contributed by atoms with Crippen molar-refractivity contribution in [1.82, 2.24) is 4.72 Å². The molecule has 0 aromatic heterocycles. The summed E-state index contributed by atoms with van der Waals surface area (Å²) in [5.41, 5.74) is 0. The zero-order valence-corrected chi connectivity index (χ0v) is 13.5. The van der Waals surface area contributed by atoms with E-state index in [0.717, 1.165) is 12.1 Å². The molecule has 0 radical (unpaired) electrons.